The number of hydrogen-bond acceptors (Lipinski definition) is 6. The number of fused-ring (bicyclic) bond motifs is 1. The highest BCUT2D eigenvalue weighted by Gasteiger charge is 2.49. The molecule has 0 fully saturated rings. The van der Waals surface area contributed by atoms with Crippen LogP contribution < -0.4 is 0 Å². The van der Waals surface area contributed by atoms with Gasteiger partial charge in [0.15, 0.2) is 0 Å². The smallest absolute Gasteiger partial charge is 0.469 e. The van der Waals surface area contributed by atoms with E-state index < -0.39 is 23.3 Å². The Morgan fingerprint density at radius 1 is 1.35 bits per heavy atom. The van der Waals surface area contributed by atoms with Crippen molar-refractivity contribution in [3.63, 3.8) is 0 Å². The minimum absolute atomic E-state index is 0.0894. The van der Waals surface area contributed by atoms with Crippen LogP contribution in [0.3, 0.4) is 0 Å². The van der Waals surface area contributed by atoms with E-state index in [0.29, 0.717) is 11.3 Å². The molecule has 0 aromatic heterocycles. The lowest BCUT2D eigenvalue weighted by atomic mass is 9.80. The largest absolute Gasteiger partial charge is 0.509 e. The third kappa shape index (κ3) is 2.24. The van der Waals surface area contributed by atoms with Crippen LogP contribution in [-0.4, -0.2) is 29.9 Å². The lowest BCUT2D eigenvalue weighted by molar-refractivity contribution is -0.147. The third-order valence-electron chi connectivity index (χ3n) is 3.02. The molecule has 106 valence electrons. The molecule has 2 rings (SSSR count). The van der Waals surface area contributed by atoms with Gasteiger partial charge < -0.3 is 14.2 Å². The standard InChI is InChI=1S/C14H14O6/c1-4-18-13(17)20-14(3)11(15)6-9-5-8(2)19-7-10(9)12(14)16/h5-7H,4H2,1-3H3. The Morgan fingerprint density at radius 2 is 2.05 bits per heavy atom. The summed E-state index contributed by atoms with van der Waals surface area (Å²) in [5.41, 5.74) is -1.26. The number of ketones is 2. The molecule has 0 saturated carbocycles. The van der Waals surface area contributed by atoms with Gasteiger partial charge in [-0.15, -0.1) is 0 Å². The molecule has 1 heterocycles. The molecule has 0 aromatic rings. The molecular weight excluding hydrogens is 264 g/mol. The van der Waals surface area contributed by atoms with E-state index in [1.807, 2.05) is 0 Å². The van der Waals surface area contributed by atoms with Crippen LogP contribution in [0.1, 0.15) is 20.8 Å². The number of rotatable bonds is 2. The van der Waals surface area contributed by atoms with Gasteiger partial charge in [0.25, 0.3) is 0 Å². The normalized spacial score (nSPS) is 24.9. The Labute approximate surface area is 115 Å². The van der Waals surface area contributed by atoms with Gasteiger partial charge in [-0.1, -0.05) is 0 Å². The summed E-state index contributed by atoms with van der Waals surface area (Å²) in [4.78, 5) is 35.9. The maximum Gasteiger partial charge on any atom is 0.509 e. The Bertz CT molecular complexity index is 580. The molecule has 0 N–H and O–H groups in total. The maximum atomic E-state index is 12.4. The zero-order chi connectivity index (χ0) is 14.9. The predicted octanol–water partition coefficient (Wildman–Crippen LogP) is 1.81. The van der Waals surface area contributed by atoms with E-state index in [2.05, 4.69) is 4.74 Å². The number of carbonyl (C=O) groups excluding carboxylic acids is 3. The Hall–Kier alpha value is -2.37. The lowest BCUT2D eigenvalue weighted by Gasteiger charge is -2.30. The van der Waals surface area contributed by atoms with Gasteiger partial charge in [-0.05, 0) is 38.5 Å². The molecular formula is C14H14O6. The number of ether oxygens (including phenoxy) is 3. The van der Waals surface area contributed by atoms with Crippen molar-refractivity contribution in [3.05, 3.63) is 35.3 Å². The van der Waals surface area contributed by atoms with Gasteiger partial charge in [-0.2, -0.15) is 0 Å². The number of Topliss-reactive ketones (excluding diaryl/α,β-unsaturated/α-hetero) is 1. The minimum Gasteiger partial charge on any atom is -0.469 e. The van der Waals surface area contributed by atoms with Crippen molar-refractivity contribution >= 4 is 17.7 Å². The Kier molecular flexibility index (Phi) is 3.48. The summed E-state index contributed by atoms with van der Waals surface area (Å²) >= 11 is 0. The predicted molar refractivity (Wildman–Crippen MR) is 67.5 cm³/mol. The fraction of sp³-hybridized carbons (Fsp3) is 0.357. The van der Waals surface area contributed by atoms with Crippen LogP contribution in [0.25, 0.3) is 0 Å². The molecule has 20 heavy (non-hydrogen) atoms. The zero-order valence-corrected chi connectivity index (χ0v) is 11.4. The van der Waals surface area contributed by atoms with E-state index in [1.165, 1.54) is 19.3 Å². The van der Waals surface area contributed by atoms with E-state index in [9.17, 15) is 14.4 Å². The summed E-state index contributed by atoms with van der Waals surface area (Å²) in [7, 11) is 0. The van der Waals surface area contributed by atoms with Crippen molar-refractivity contribution in [2.24, 2.45) is 0 Å². The average molecular weight is 278 g/mol. The molecule has 0 aromatic carbocycles. The minimum atomic E-state index is -1.91. The first-order valence-corrected chi connectivity index (χ1v) is 6.10. The molecule has 0 spiro atoms. The molecule has 1 unspecified atom stereocenters. The van der Waals surface area contributed by atoms with Crippen molar-refractivity contribution in [2.75, 3.05) is 6.61 Å². The van der Waals surface area contributed by atoms with Crippen LogP contribution in [0.5, 0.6) is 0 Å². The monoisotopic (exact) mass is 278 g/mol. The second-order valence-electron chi connectivity index (χ2n) is 4.52. The van der Waals surface area contributed by atoms with E-state index in [0.717, 1.165) is 0 Å². The highest BCUT2D eigenvalue weighted by atomic mass is 16.7. The van der Waals surface area contributed by atoms with E-state index in [1.54, 1.807) is 19.9 Å². The van der Waals surface area contributed by atoms with E-state index in [-0.39, 0.29) is 12.2 Å². The fourth-order valence-electron chi connectivity index (χ4n) is 1.91. The molecule has 0 bridgehead atoms. The summed E-state index contributed by atoms with van der Waals surface area (Å²) in [5, 5.41) is 0. The highest BCUT2D eigenvalue weighted by Crippen LogP contribution is 2.33. The molecule has 1 aliphatic carbocycles. The van der Waals surface area contributed by atoms with Crippen molar-refractivity contribution in [1.29, 1.82) is 0 Å². The van der Waals surface area contributed by atoms with Crippen LogP contribution >= 0.6 is 0 Å². The first-order valence-electron chi connectivity index (χ1n) is 6.10. The van der Waals surface area contributed by atoms with Crippen molar-refractivity contribution < 1.29 is 28.6 Å². The lowest BCUT2D eigenvalue weighted by Crippen LogP contribution is -2.50. The Morgan fingerprint density at radius 3 is 2.70 bits per heavy atom. The van der Waals surface area contributed by atoms with Gasteiger partial charge in [-0.3, -0.25) is 9.59 Å². The van der Waals surface area contributed by atoms with Crippen LogP contribution in [0.2, 0.25) is 0 Å². The molecule has 6 heteroatoms. The second kappa shape index (κ2) is 4.96. The second-order valence-corrected chi connectivity index (χ2v) is 4.52. The number of carbonyl (C=O) groups is 3. The summed E-state index contributed by atoms with van der Waals surface area (Å²) < 4.78 is 14.7. The number of hydrogen-bond donors (Lipinski definition) is 0. The first-order chi connectivity index (χ1) is 9.38. The van der Waals surface area contributed by atoms with E-state index in [4.69, 9.17) is 9.47 Å². The van der Waals surface area contributed by atoms with Crippen LogP contribution in [0.4, 0.5) is 4.79 Å². The number of allylic oxidation sites excluding steroid dienone is 3. The van der Waals surface area contributed by atoms with Crippen molar-refractivity contribution in [1.82, 2.24) is 0 Å². The zero-order valence-electron chi connectivity index (χ0n) is 11.4. The van der Waals surface area contributed by atoms with Crippen LogP contribution in [0.15, 0.2) is 35.3 Å². The molecule has 2 aliphatic rings. The average Bonchev–Trinajstić information content (AvgIpc) is 2.36. The quantitative estimate of drug-likeness (QED) is 0.566. The molecule has 0 amide bonds. The maximum absolute atomic E-state index is 12.4. The van der Waals surface area contributed by atoms with Gasteiger partial charge >= 0.3 is 6.16 Å². The Balaban J connectivity index is 2.36. The molecule has 1 aliphatic heterocycles. The van der Waals surface area contributed by atoms with Gasteiger partial charge in [0.1, 0.15) is 12.0 Å². The summed E-state index contributed by atoms with van der Waals surface area (Å²) in [6.45, 7) is 4.63. The van der Waals surface area contributed by atoms with Gasteiger partial charge in [0.2, 0.25) is 17.2 Å². The van der Waals surface area contributed by atoms with Gasteiger partial charge in [0, 0.05) is 0 Å². The first kappa shape index (κ1) is 14.0. The van der Waals surface area contributed by atoms with Gasteiger partial charge in [0.05, 0.1) is 12.2 Å². The summed E-state index contributed by atoms with van der Waals surface area (Å²) in [6.07, 6.45) is 3.04. The molecule has 0 radical (unpaired) electrons. The summed E-state index contributed by atoms with van der Waals surface area (Å²) in [5.74, 6) is -0.666. The molecule has 6 nitrogen and oxygen atoms in total. The SMILES string of the molecule is CCOC(=O)OC1(C)C(=O)C=C2C=C(C)OC=C2C1=O. The molecule has 1 atom stereocenters. The fourth-order valence-corrected chi connectivity index (χ4v) is 1.91. The third-order valence-corrected chi connectivity index (χ3v) is 3.02. The van der Waals surface area contributed by atoms with Gasteiger partial charge in [-0.25, -0.2) is 4.79 Å². The topological polar surface area (TPSA) is 78.9 Å². The van der Waals surface area contributed by atoms with Crippen molar-refractivity contribution in [3.8, 4) is 0 Å². The van der Waals surface area contributed by atoms with Crippen molar-refractivity contribution in [2.45, 2.75) is 26.4 Å². The van der Waals surface area contributed by atoms with Crippen LogP contribution in [-0.2, 0) is 23.8 Å². The highest BCUT2D eigenvalue weighted by molar-refractivity contribution is 6.26. The molecule has 0 saturated heterocycles. The van der Waals surface area contributed by atoms with Crippen LogP contribution in [0, 0.1) is 0 Å². The summed E-state index contributed by atoms with van der Waals surface area (Å²) in [6, 6.07) is 0. The van der Waals surface area contributed by atoms with E-state index >= 15 is 0 Å².